The highest BCUT2D eigenvalue weighted by molar-refractivity contribution is 5.86. The number of piperidine rings is 1. The van der Waals surface area contributed by atoms with E-state index in [1.165, 1.54) is 19.3 Å². The van der Waals surface area contributed by atoms with E-state index in [4.69, 9.17) is 9.47 Å². The Hall–Kier alpha value is -1.53. The molecule has 1 aromatic carbocycles. The van der Waals surface area contributed by atoms with Gasteiger partial charge in [0.25, 0.3) is 0 Å². The molecule has 28 heavy (non-hydrogen) atoms. The normalized spacial score (nSPS) is 15.2. The molecule has 0 aromatic heterocycles. The number of hydrogen-bond donors (Lipinski definition) is 1. The van der Waals surface area contributed by atoms with Gasteiger partial charge in [-0.2, -0.15) is 0 Å². The van der Waals surface area contributed by atoms with Crippen molar-refractivity contribution in [1.29, 1.82) is 0 Å². The van der Waals surface area contributed by atoms with Crippen LogP contribution in [-0.4, -0.2) is 50.0 Å². The number of anilines is 1. The number of carbonyl (C=O) groups is 1. The van der Waals surface area contributed by atoms with Crippen molar-refractivity contribution in [1.82, 2.24) is 0 Å². The topological polar surface area (TPSA) is 47.6 Å². The molecule has 0 saturated carbocycles. The highest BCUT2D eigenvalue weighted by Crippen LogP contribution is 2.24. The van der Waals surface area contributed by atoms with Crippen LogP contribution >= 0.6 is 0 Å². The maximum Gasteiger partial charge on any atom is 0.411 e. The Kier molecular flexibility index (Phi) is 11.9. The number of ether oxygens (including phenoxy) is 2. The maximum absolute atomic E-state index is 12.2. The second kappa shape index (κ2) is 13.6. The van der Waals surface area contributed by atoms with Crippen LogP contribution in [0.5, 0.6) is 5.75 Å². The molecule has 158 valence electrons. The van der Waals surface area contributed by atoms with Crippen molar-refractivity contribution in [2.45, 2.75) is 45.4 Å². The molecule has 1 aromatic rings. The molecule has 0 aliphatic carbocycles. The fourth-order valence-corrected chi connectivity index (χ4v) is 3.66. The van der Waals surface area contributed by atoms with Gasteiger partial charge in [-0.25, -0.2) is 4.79 Å². The number of halogens is 1. The summed E-state index contributed by atoms with van der Waals surface area (Å²) < 4.78 is 12.2. The lowest BCUT2D eigenvalue weighted by Crippen LogP contribution is -3.00. The Morgan fingerprint density at radius 2 is 1.93 bits per heavy atom. The first-order chi connectivity index (χ1) is 13.2. The third-order valence-electron chi connectivity index (χ3n) is 5.21. The average molecular weight is 455 g/mol. The molecule has 1 amide bonds. The van der Waals surface area contributed by atoms with Crippen molar-refractivity contribution in [2.75, 3.05) is 44.7 Å². The van der Waals surface area contributed by atoms with Crippen molar-refractivity contribution in [3.05, 3.63) is 36.9 Å². The quantitative estimate of drug-likeness (QED) is 0.316. The van der Waals surface area contributed by atoms with E-state index >= 15 is 0 Å². The van der Waals surface area contributed by atoms with Crippen molar-refractivity contribution < 1.29 is 35.7 Å². The fraction of sp³-hybridized carbons (Fsp3) is 0.591. The van der Waals surface area contributed by atoms with E-state index in [2.05, 4.69) is 18.8 Å². The third-order valence-corrected chi connectivity index (χ3v) is 5.21. The van der Waals surface area contributed by atoms with Gasteiger partial charge in [-0.05, 0) is 43.9 Å². The van der Waals surface area contributed by atoms with Gasteiger partial charge in [0.15, 0.2) is 0 Å². The number of unbranched alkanes of at least 4 members (excludes halogenated alkanes) is 2. The van der Waals surface area contributed by atoms with Crippen LogP contribution in [0.25, 0.3) is 0 Å². The number of rotatable bonds is 11. The summed E-state index contributed by atoms with van der Waals surface area (Å²) in [5.41, 5.74) is 0.659. The van der Waals surface area contributed by atoms with Crippen molar-refractivity contribution in [3.8, 4) is 5.75 Å². The van der Waals surface area contributed by atoms with Crippen molar-refractivity contribution in [3.63, 3.8) is 0 Å². The predicted molar refractivity (Wildman–Crippen MR) is 110 cm³/mol. The fourth-order valence-electron chi connectivity index (χ4n) is 3.66. The Bertz CT molecular complexity index is 589. The SMILES string of the molecule is C=CC[N+]1(CCOC(=O)Nc2ccccc2OCCCCC)CCCCC1.[Br-]. The zero-order valence-corrected chi connectivity index (χ0v) is 18.7. The van der Waals surface area contributed by atoms with Crippen LogP contribution in [0, 0.1) is 0 Å². The molecule has 1 aliphatic heterocycles. The molecule has 0 bridgehead atoms. The summed E-state index contributed by atoms with van der Waals surface area (Å²) in [7, 11) is 0. The van der Waals surface area contributed by atoms with Gasteiger partial charge in [0.1, 0.15) is 18.9 Å². The number of benzene rings is 1. The Morgan fingerprint density at radius 3 is 2.64 bits per heavy atom. The highest BCUT2D eigenvalue weighted by atomic mass is 79.9. The Balaban J connectivity index is 0.00000392. The molecule has 1 N–H and O–H groups in total. The van der Waals surface area contributed by atoms with E-state index in [0.29, 0.717) is 24.7 Å². The van der Waals surface area contributed by atoms with Gasteiger partial charge < -0.3 is 30.9 Å². The molecular weight excluding hydrogens is 420 g/mol. The lowest BCUT2D eigenvalue weighted by atomic mass is 10.1. The van der Waals surface area contributed by atoms with Crippen LogP contribution < -0.4 is 27.0 Å². The van der Waals surface area contributed by atoms with Gasteiger partial charge in [0, 0.05) is 0 Å². The minimum atomic E-state index is -0.423. The van der Waals surface area contributed by atoms with E-state index in [1.54, 1.807) is 0 Å². The molecule has 0 radical (unpaired) electrons. The zero-order valence-electron chi connectivity index (χ0n) is 17.1. The molecule has 1 fully saturated rings. The number of para-hydroxylation sites is 2. The van der Waals surface area contributed by atoms with E-state index in [0.717, 1.165) is 49.9 Å². The number of nitrogens with zero attached hydrogens (tertiary/aromatic N) is 1. The lowest BCUT2D eigenvalue weighted by molar-refractivity contribution is -0.927. The molecular formula is C22H35BrN2O3. The molecule has 0 unspecified atom stereocenters. The van der Waals surface area contributed by atoms with Crippen LogP contribution in [-0.2, 0) is 4.74 Å². The molecule has 1 saturated heterocycles. The van der Waals surface area contributed by atoms with Gasteiger partial charge in [-0.1, -0.05) is 38.5 Å². The first-order valence-electron chi connectivity index (χ1n) is 10.3. The summed E-state index contributed by atoms with van der Waals surface area (Å²) in [5, 5.41) is 2.82. The Morgan fingerprint density at radius 1 is 1.18 bits per heavy atom. The van der Waals surface area contributed by atoms with Gasteiger partial charge in [-0.3, -0.25) is 5.32 Å². The van der Waals surface area contributed by atoms with Gasteiger partial charge in [0.05, 0.1) is 31.9 Å². The second-order valence-electron chi connectivity index (χ2n) is 7.36. The van der Waals surface area contributed by atoms with E-state index in [9.17, 15) is 4.79 Å². The van der Waals surface area contributed by atoms with Crippen LogP contribution in [0.1, 0.15) is 45.4 Å². The van der Waals surface area contributed by atoms with Crippen molar-refractivity contribution in [2.24, 2.45) is 0 Å². The smallest absolute Gasteiger partial charge is 0.411 e. The van der Waals surface area contributed by atoms with Crippen LogP contribution in [0.3, 0.4) is 0 Å². The molecule has 0 atom stereocenters. The molecule has 2 rings (SSSR count). The van der Waals surface area contributed by atoms with Crippen LogP contribution in [0.4, 0.5) is 10.5 Å². The minimum absolute atomic E-state index is 0. The zero-order chi connectivity index (χ0) is 19.4. The van der Waals surface area contributed by atoms with Crippen LogP contribution in [0.15, 0.2) is 36.9 Å². The predicted octanol–water partition coefficient (Wildman–Crippen LogP) is 1.99. The molecule has 6 heteroatoms. The van der Waals surface area contributed by atoms with Crippen molar-refractivity contribution >= 4 is 11.8 Å². The van der Waals surface area contributed by atoms with E-state index in [1.807, 2.05) is 30.3 Å². The van der Waals surface area contributed by atoms with Crippen LogP contribution in [0.2, 0.25) is 0 Å². The largest absolute Gasteiger partial charge is 1.00 e. The highest BCUT2D eigenvalue weighted by Gasteiger charge is 2.28. The maximum atomic E-state index is 12.2. The average Bonchev–Trinajstić information content (AvgIpc) is 2.67. The summed E-state index contributed by atoms with van der Waals surface area (Å²) in [6.07, 6.45) is 8.65. The third kappa shape index (κ3) is 8.23. The second-order valence-corrected chi connectivity index (χ2v) is 7.36. The molecule has 1 aliphatic rings. The molecule has 5 nitrogen and oxygen atoms in total. The summed E-state index contributed by atoms with van der Waals surface area (Å²) in [4.78, 5) is 12.2. The number of amides is 1. The standard InChI is InChI=1S/C22H34N2O3.BrH/c1-3-5-11-18-26-21-13-8-7-12-20(21)23-22(25)27-19-17-24(14-4-2)15-9-6-10-16-24;/h4,7-8,12-13H,2-3,5-6,9-11,14-19H2,1H3;1H. The number of quaternary nitrogens is 1. The summed E-state index contributed by atoms with van der Waals surface area (Å²) in [6, 6.07) is 7.50. The number of likely N-dealkylation sites (tertiary alicyclic amines) is 1. The van der Waals surface area contributed by atoms with E-state index < -0.39 is 6.09 Å². The first-order valence-corrected chi connectivity index (χ1v) is 10.3. The monoisotopic (exact) mass is 454 g/mol. The molecule has 0 spiro atoms. The number of hydrogen-bond acceptors (Lipinski definition) is 3. The molecule has 1 heterocycles. The Labute approximate surface area is 180 Å². The number of carbonyl (C=O) groups excluding carboxylic acids is 1. The van der Waals surface area contributed by atoms with E-state index in [-0.39, 0.29) is 17.0 Å². The summed E-state index contributed by atoms with van der Waals surface area (Å²) in [6.45, 7) is 11.2. The lowest BCUT2D eigenvalue weighted by Gasteiger charge is -2.40. The van der Waals surface area contributed by atoms with Gasteiger partial charge >= 0.3 is 6.09 Å². The summed E-state index contributed by atoms with van der Waals surface area (Å²) >= 11 is 0. The number of nitrogens with one attached hydrogen (secondary N) is 1. The van der Waals surface area contributed by atoms with Gasteiger partial charge in [0.2, 0.25) is 0 Å². The first kappa shape index (κ1) is 24.5. The van der Waals surface area contributed by atoms with Gasteiger partial charge in [-0.15, -0.1) is 0 Å². The minimum Gasteiger partial charge on any atom is -1.00 e. The summed E-state index contributed by atoms with van der Waals surface area (Å²) in [5.74, 6) is 0.691.